The third kappa shape index (κ3) is 2.16. The van der Waals surface area contributed by atoms with E-state index in [1.807, 2.05) is 6.92 Å². The van der Waals surface area contributed by atoms with Crippen LogP contribution in [0.4, 0.5) is 0 Å². The summed E-state index contributed by atoms with van der Waals surface area (Å²) in [7, 11) is 0. The maximum atomic E-state index is 11.4. The number of esters is 1. The van der Waals surface area contributed by atoms with Crippen LogP contribution in [-0.4, -0.2) is 12.6 Å². The number of hydrogen-bond donors (Lipinski definition) is 0. The van der Waals surface area contributed by atoms with E-state index in [2.05, 4.69) is 25.1 Å². The van der Waals surface area contributed by atoms with E-state index in [9.17, 15) is 4.79 Å². The first-order valence-electron chi connectivity index (χ1n) is 5.68. The molecule has 0 saturated carbocycles. The summed E-state index contributed by atoms with van der Waals surface area (Å²) in [5.74, 6) is -0.231. The second-order valence-electron chi connectivity index (χ2n) is 4.08. The number of carbonyl (C=O) groups is 1. The maximum Gasteiger partial charge on any atom is 0.331 e. The van der Waals surface area contributed by atoms with Crippen molar-refractivity contribution in [3.8, 4) is 0 Å². The van der Waals surface area contributed by atoms with Crippen LogP contribution in [0, 0.1) is 6.92 Å². The number of fused-ring (bicyclic) bond motifs is 1. The molecule has 2 heteroatoms. The molecular formula is C14H16O2. The molecule has 0 unspecified atom stereocenters. The summed E-state index contributed by atoms with van der Waals surface area (Å²) < 4.78 is 4.93. The summed E-state index contributed by atoms with van der Waals surface area (Å²) in [5, 5.41) is 0. The standard InChI is InChI=1S/C14H16O2/c1-3-16-14(15)9-12-6-5-11-8-10(2)4-7-13(11)12/h4,7-9H,3,5-6H2,1-2H3/b12-9+. The Morgan fingerprint density at radius 3 is 3.00 bits per heavy atom. The average Bonchev–Trinajstić information content (AvgIpc) is 2.61. The monoisotopic (exact) mass is 216 g/mol. The molecule has 0 aromatic heterocycles. The number of hydrogen-bond acceptors (Lipinski definition) is 2. The zero-order valence-corrected chi connectivity index (χ0v) is 9.75. The molecule has 2 nitrogen and oxygen atoms in total. The number of benzene rings is 1. The smallest absolute Gasteiger partial charge is 0.331 e. The van der Waals surface area contributed by atoms with Crippen molar-refractivity contribution >= 4 is 11.5 Å². The van der Waals surface area contributed by atoms with E-state index in [-0.39, 0.29) is 5.97 Å². The van der Waals surface area contributed by atoms with Gasteiger partial charge in [-0.1, -0.05) is 23.8 Å². The van der Waals surface area contributed by atoms with Gasteiger partial charge in [0.25, 0.3) is 0 Å². The molecule has 2 rings (SSSR count). The van der Waals surface area contributed by atoms with Crippen molar-refractivity contribution in [2.45, 2.75) is 26.7 Å². The quantitative estimate of drug-likeness (QED) is 0.561. The molecule has 0 fully saturated rings. The number of rotatable bonds is 2. The molecule has 0 saturated heterocycles. The van der Waals surface area contributed by atoms with E-state index in [1.165, 1.54) is 16.7 Å². The third-order valence-electron chi connectivity index (χ3n) is 2.85. The van der Waals surface area contributed by atoms with E-state index in [4.69, 9.17) is 4.74 Å². The Morgan fingerprint density at radius 1 is 1.44 bits per heavy atom. The van der Waals surface area contributed by atoms with Crippen molar-refractivity contribution in [1.82, 2.24) is 0 Å². The zero-order valence-electron chi connectivity index (χ0n) is 9.75. The molecule has 0 amide bonds. The molecule has 0 heterocycles. The number of aryl methyl sites for hydroxylation is 2. The number of allylic oxidation sites excluding steroid dienone is 1. The van der Waals surface area contributed by atoms with Crippen LogP contribution in [0.1, 0.15) is 30.0 Å². The van der Waals surface area contributed by atoms with Gasteiger partial charge in [-0.15, -0.1) is 0 Å². The van der Waals surface area contributed by atoms with Gasteiger partial charge in [0.1, 0.15) is 0 Å². The zero-order chi connectivity index (χ0) is 11.5. The minimum atomic E-state index is -0.231. The molecule has 1 aromatic carbocycles. The first kappa shape index (κ1) is 10.9. The van der Waals surface area contributed by atoms with E-state index in [0.717, 1.165) is 18.4 Å². The van der Waals surface area contributed by atoms with Gasteiger partial charge in [0.15, 0.2) is 0 Å². The lowest BCUT2D eigenvalue weighted by Gasteiger charge is -2.02. The van der Waals surface area contributed by atoms with Gasteiger partial charge < -0.3 is 4.74 Å². The Kier molecular flexibility index (Phi) is 3.09. The second-order valence-corrected chi connectivity index (χ2v) is 4.08. The van der Waals surface area contributed by atoms with Gasteiger partial charge in [0.2, 0.25) is 0 Å². The van der Waals surface area contributed by atoms with E-state index in [1.54, 1.807) is 6.08 Å². The molecule has 1 aliphatic rings. The highest BCUT2D eigenvalue weighted by molar-refractivity contribution is 5.92. The molecular weight excluding hydrogens is 200 g/mol. The van der Waals surface area contributed by atoms with Crippen LogP contribution in [0.25, 0.3) is 5.57 Å². The molecule has 0 aliphatic heterocycles. The lowest BCUT2D eigenvalue weighted by Crippen LogP contribution is -2.00. The average molecular weight is 216 g/mol. The van der Waals surface area contributed by atoms with Gasteiger partial charge in [-0.2, -0.15) is 0 Å². The van der Waals surface area contributed by atoms with Gasteiger partial charge in [0.05, 0.1) is 6.61 Å². The third-order valence-corrected chi connectivity index (χ3v) is 2.85. The number of ether oxygens (including phenoxy) is 1. The Morgan fingerprint density at radius 2 is 2.25 bits per heavy atom. The van der Waals surface area contributed by atoms with E-state index >= 15 is 0 Å². The van der Waals surface area contributed by atoms with E-state index < -0.39 is 0 Å². The Bertz CT molecular complexity index is 444. The van der Waals surface area contributed by atoms with Crippen molar-refractivity contribution < 1.29 is 9.53 Å². The summed E-state index contributed by atoms with van der Waals surface area (Å²) in [5.41, 5.74) is 4.93. The van der Waals surface area contributed by atoms with Gasteiger partial charge >= 0.3 is 5.97 Å². The van der Waals surface area contributed by atoms with Crippen molar-refractivity contribution in [2.24, 2.45) is 0 Å². The molecule has 1 aromatic rings. The summed E-state index contributed by atoms with van der Waals surface area (Å²) in [6, 6.07) is 6.38. The highest BCUT2D eigenvalue weighted by Gasteiger charge is 2.17. The second kappa shape index (κ2) is 4.52. The SMILES string of the molecule is CCOC(=O)/C=C1\CCc2cc(C)ccc21. The van der Waals surface area contributed by atoms with Crippen LogP contribution < -0.4 is 0 Å². The molecule has 0 N–H and O–H groups in total. The Labute approximate surface area is 95.9 Å². The molecule has 0 radical (unpaired) electrons. The fourth-order valence-electron chi connectivity index (χ4n) is 2.12. The molecule has 16 heavy (non-hydrogen) atoms. The van der Waals surface area contributed by atoms with Gasteiger partial charge in [0, 0.05) is 6.08 Å². The normalized spacial score (nSPS) is 16.2. The first-order valence-corrected chi connectivity index (χ1v) is 5.68. The predicted octanol–water partition coefficient (Wildman–Crippen LogP) is 2.89. The van der Waals surface area contributed by atoms with E-state index in [0.29, 0.717) is 6.61 Å². The van der Waals surface area contributed by atoms with Gasteiger partial charge in [-0.3, -0.25) is 0 Å². The summed E-state index contributed by atoms with van der Waals surface area (Å²) in [6.07, 6.45) is 3.60. The largest absolute Gasteiger partial charge is 0.463 e. The molecule has 0 atom stereocenters. The number of carbonyl (C=O) groups excluding carboxylic acids is 1. The fourth-order valence-corrected chi connectivity index (χ4v) is 2.12. The van der Waals surface area contributed by atoms with Crippen LogP contribution in [0.5, 0.6) is 0 Å². The van der Waals surface area contributed by atoms with Crippen molar-refractivity contribution in [2.75, 3.05) is 6.61 Å². The van der Waals surface area contributed by atoms with Crippen LogP contribution in [0.3, 0.4) is 0 Å². The molecule has 1 aliphatic carbocycles. The lowest BCUT2D eigenvalue weighted by atomic mass is 10.0. The highest BCUT2D eigenvalue weighted by atomic mass is 16.5. The minimum Gasteiger partial charge on any atom is -0.463 e. The Balaban J connectivity index is 2.26. The Hall–Kier alpha value is -1.57. The lowest BCUT2D eigenvalue weighted by molar-refractivity contribution is -0.137. The first-order chi connectivity index (χ1) is 7.70. The van der Waals surface area contributed by atoms with Crippen molar-refractivity contribution in [3.63, 3.8) is 0 Å². The summed E-state index contributed by atoms with van der Waals surface area (Å²) >= 11 is 0. The summed E-state index contributed by atoms with van der Waals surface area (Å²) in [6.45, 7) is 4.35. The van der Waals surface area contributed by atoms with Crippen LogP contribution >= 0.6 is 0 Å². The van der Waals surface area contributed by atoms with Crippen molar-refractivity contribution in [1.29, 1.82) is 0 Å². The minimum absolute atomic E-state index is 0.231. The predicted molar refractivity (Wildman–Crippen MR) is 64.1 cm³/mol. The fraction of sp³-hybridized carbons (Fsp3) is 0.357. The molecule has 0 spiro atoms. The van der Waals surface area contributed by atoms with Gasteiger partial charge in [-0.05, 0) is 43.4 Å². The highest BCUT2D eigenvalue weighted by Crippen LogP contribution is 2.32. The topological polar surface area (TPSA) is 26.3 Å². The van der Waals surface area contributed by atoms with Crippen LogP contribution in [0.2, 0.25) is 0 Å². The molecule has 0 bridgehead atoms. The van der Waals surface area contributed by atoms with Crippen LogP contribution in [-0.2, 0) is 16.0 Å². The van der Waals surface area contributed by atoms with Crippen LogP contribution in [0.15, 0.2) is 24.3 Å². The van der Waals surface area contributed by atoms with Gasteiger partial charge in [-0.25, -0.2) is 4.79 Å². The summed E-state index contributed by atoms with van der Waals surface area (Å²) in [4.78, 5) is 11.4. The maximum absolute atomic E-state index is 11.4. The van der Waals surface area contributed by atoms with Crippen molar-refractivity contribution in [3.05, 3.63) is 41.0 Å². The molecule has 84 valence electrons.